The van der Waals surface area contributed by atoms with Crippen LogP contribution in [0.25, 0.3) is 17.4 Å². The number of benzene rings is 1. The van der Waals surface area contributed by atoms with Gasteiger partial charge in [-0.25, -0.2) is 9.67 Å². The van der Waals surface area contributed by atoms with Crippen molar-refractivity contribution >= 4 is 0 Å². The first-order valence-electron chi connectivity index (χ1n) is 9.14. The molecule has 2 heterocycles. The maximum absolute atomic E-state index is 6.42. The highest BCUT2D eigenvalue weighted by molar-refractivity contribution is 5.46. The molecule has 1 aliphatic rings. The van der Waals surface area contributed by atoms with Crippen LogP contribution in [-0.4, -0.2) is 24.9 Å². The van der Waals surface area contributed by atoms with E-state index in [1.54, 1.807) is 0 Å². The highest BCUT2D eigenvalue weighted by Gasteiger charge is 2.36. The first-order valence-corrected chi connectivity index (χ1v) is 9.14. The molecule has 0 bridgehead atoms. The molecule has 0 amide bonds. The lowest BCUT2D eigenvalue weighted by atomic mass is 9.99. The molecule has 0 atom stereocenters. The van der Waals surface area contributed by atoms with Gasteiger partial charge in [0.1, 0.15) is 5.82 Å². The number of aromatic nitrogens is 5. The molecule has 0 spiro atoms. The summed E-state index contributed by atoms with van der Waals surface area (Å²) in [6.07, 6.45) is 3.96. The molecule has 136 valence electrons. The third kappa shape index (κ3) is 2.82. The van der Waals surface area contributed by atoms with Gasteiger partial charge in [-0.2, -0.15) is 4.98 Å². The quantitative estimate of drug-likeness (QED) is 0.772. The average molecular weight is 352 g/mol. The van der Waals surface area contributed by atoms with E-state index in [-0.39, 0.29) is 0 Å². The number of nitrogens with two attached hydrogens (primary N) is 1. The van der Waals surface area contributed by atoms with E-state index in [9.17, 15) is 0 Å². The molecule has 4 rings (SSSR count). The Balaban J connectivity index is 1.71. The fourth-order valence-corrected chi connectivity index (χ4v) is 3.62. The van der Waals surface area contributed by atoms with Gasteiger partial charge in [-0.3, -0.25) is 0 Å². The van der Waals surface area contributed by atoms with E-state index >= 15 is 0 Å². The summed E-state index contributed by atoms with van der Waals surface area (Å²) in [7, 11) is 0. The Kier molecular flexibility index (Phi) is 4.11. The summed E-state index contributed by atoms with van der Waals surface area (Å²) in [5.41, 5.74) is 8.17. The number of hydrogen-bond acceptors (Lipinski definition) is 6. The molecular weight excluding hydrogens is 328 g/mol. The molecule has 7 nitrogen and oxygen atoms in total. The van der Waals surface area contributed by atoms with E-state index in [0.29, 0.717) is 23.5 Å². The lowest BCUT2D eigenvalue weighted by Gasteiger charge is -2.17. The zero-order valence-electron chi connectivity index (χ0n) is 15.4. The summed E-state index contributed by atoms with van der Waals surface area (Å²) in [6, 6.07) is 8.21. The molecule has 1 aliphatic carbocycles. The Morgan fingerprint density at radius 3 is 2.62 bits per heavy atom. The lowest BCUT2D eigenvalue weighted by molar-refractivity contribution is 0.372. The molecule has 26 heavy (non-hydrogen) atoms. The van der Waals surface area contributed by atoms with Gasteiger partial charge in [-0.15, -0.1) is 5.10 Å². The highest BCUT2D eigenvalue weighted by atomic mass is 16.5. The second-order valence-electron chi connectivity index (χ2n) is 7.39. The summed E-state index contributed by atoms with van der Waals surface area (Å²) in [6.45, 7) is 6.25. The van der Waals surface area contributed by atoms with Crippen molar-refractivity contribution in [3.63, 3.8) is 0 Å². The molecule has 3 aromatic rings. The van der Waals surface area contributed by atoms with Gasteiger partial charge in [0.25, 0.3) is 5.89 Å². The van der Waals surface area contributed by atoms with Crippen molar-refractivity contribution < 1.29 is 4.52 Å². The van der Waals surface area contributed by atoms with Crippen molar-refractivity contribution in [2.75, 3.05) is 0 Å². The standard InChI is InChI=1S/C19H24N6O/c1-12(2)14-8-4-5-9-15(14)25-13(3)21-16(23-25)17-22-18(24-26-17)19(20)10-6-7-11-19/h4-5,8-9,12H,6-7,10-11,20H2,1-3H3. The van der Waals surface area contributed by atoms with Crippen molar-refractivity contribution in [1.29, 1.82) is 0 Å². The number of hydrogen-bond donors (Lipinski definition) is 1. The number of para-hydroxylation sites is 1. The number of aryl methyl sites for hydroxylation is 1. The topological polar surface area (TPSA) is 95.7 Å². The molecule has 2 aromatic heterocycles. The second-order valence-corrected chi connectivity index (χ2v) is 7.39. The van der Waals surface area contributed by atoms with E-state index in [0.717, 1.165) is 37.2 Å². The smallest absolute Gasteiger partial charge is 0.297 e. The normalized spacial score (nSPS) is 16.5. The summed E-state index contributed by atoms with van der Waals surface area (Å²) in [5.74, 6) is 2.47. The SMILES string of the molecule is Cc1nc(-c2nc(C3(N)CCCC3)no2)nn1-c1ccccc1C(C)C. The Hall–Kier alpha value is -2.54. The van der Waals surface area contributed by atoms with Crippen molar-refractivity contribution in [1.82, 2.24) is 24.9 Å². The molecule has 0 radical (unpaired) electrons. The number of rotatable bonds is 4. The fraction of sp³-hybridized carbons (Fsp3) is 0.474. The Bertz CT molecular complexity index is 920. The van der Waals surface area contributed by atoms with Gasteiger partial charge in [0, 0.05) is 0 Å². The van der Waals surface area contributed by atoms with Crippen LogP contribution >= 0.6 is 0 Å². The van der Waals surface area contributed by atoms with Crippen LogP contribution in [0.3, 0.4) is 0 Å². The summed E-state index contributed by atoms with van der Waals surface area (Å²) in [5, 5.41) is 8.73. The van der Waals surface area contributed by atoms with Crippen LogP contribution in [0.4, 0.5) is 0 Å². The maximum Gasteiger partial charge on any atom is 0.297 e. The maximum atomic E-state index is 6.42. The second kappa shape index (κ2) is 6.32. The lowest BCUT2D eigenvalue weighted by Crippen LogP contribution is -2.34. The molecule has 0 unspecified atom stereocenters. The van der Waals surface area contributed by atoms with Crippen LogP contribution in [-0.2, 0) is 5.54 Å². The van der Waals surface area contributed by atoms with Gasteiger partial charge in [0.05, 0.1) is 11.2 Å². The Morgan fingerprint density at radius 1 is 1.15 bits per heavy atom. The van der Waals surface area contributed by atoms with Gasteiger partial charge in [0.15, 0.2) is 5.82 Å². The fourth-order valence-electron chi connectivity index (χ4n) is 3.62. The third-order valence-corrected chi connectivity index (χ3v) is 5.11. The van der Waals surface area contributed by atoms with E-state index in [4.69, 9.17) is 10.3 Å². The zero-order valence-corrected chi connectivity index (χ0v) is 15.4. The van der Waals surface area contributed by atoms with Crippen LogP contribution < -0.4 is 5.73 Å². The predicted octanol–water partition coefficient (Wildman–Crippen LogP) is 3.48. The molecule has 1 saturated carbocycles. The van der Waals surface area contributed by atoms with E-state index in [2.05, 4.69) is 40.1 Å². The van der Waals surface area contributed by atoms with Gasteiger partial charge in [0.2, 0.25) is 5.82 Å². The molecule has 2 N–H and O–H groups in total. The van der Waals surface area contributed by atoms with Gasteiger partial charge >= 0.3 is 0 Å². The highest BCUT2D eigenvalue weighted by Crippen LogP contribution is 2.35. The largest absolute Gasteiger partial charge is 0.330 e. The molecular formula is C19H24N6O. The van der Waals surface area contributed by atoms with Crippen molar-refractivity contribution in [3.05, 3.63) is 41.5 Å². The zero-order chi connectivity index (χ0) is 18.3. The van der Waals surface area contributed by atoms with E-state index in [1.165, 1.54) is 5.56 Å². The van der Waals surface area contributed by atoms with Gasteiger partial charge in [-0.1, -0.05) is 50.0 Å². The Morgan fingerprint density at radius 2 is 1.88 bits per heavy atom. The van der Waals surface area contributed by atoms with Gasteiger partial charge in [-0.05, 0) is 37.3 Å². The minimum atomic E-state index is -0.483. The van der Waals surface area contributed by atoms with Crippen molar-refractivity contribution in [2.45, 2.75) is 57.9 Å². The minimum Gasteiger partial charge on any atom is -0.330 e. The summed E-state index contributed by atoms with van der Waals surface area (Å²) < 4.78 is 7.27. The predicted molar refractivity (Wildman–Crippen MR) is 97.8 cm³/mol. The van der Waals surface area contributed by atoms with E-state index in [1.807, 2.05) is 29.8 Å². The third-order valence-electron chi connectivity index (χ3n) is 5.11. The van der Waals surface area contributed by atoms with Gasteiger partial charge < -0.3 is 10.3 Å². The van der Waals surface area contributed by atoms with Crippen LogP contribution in [0.15, 0.2) is 28.8 Å². The Labute approximate surface area is 152 Å². The minimum absolute atomic E-state index is 0.320. The van der Waals surface area contributed by atoms with Crippen LogP contribution in [0.2, 0.25) is 0 Å². The molecule has 1 fully saturated rings. The molecule has 0 saturated heterocycles. The molecule has 1 aromatic carbocycles. The average Bonchev–Trinajstić information content (AvgIpc) is 3.34. The van der Waals surface area contributed by atoms with E-state index < -0.39 is 5.54 Å². The van der Waals surface area contributed by atoms with Crippen molar-refractivity contribution in [2.24, 2.45) is 5.73 Å². The van der Waals surface area contributed by atoms with Crippen LogP contribution in [0.5, 0.6) is 0 Å². The molecule has 0 aliphatic heterocycles. The first-order chi connectivity index (χ1) is 12.5. The number of nitrogens with zero attached hydrogens (tertiary/aromatic N) is 5. The summed E-state index contributed by atoms with van der Waals surface area (Å²) >= 11 is 0. The van der Waals surface area contributed by atoms with Crippen LogP contribution in [0, 0.1) is 6.92 Å². The molecule has 7 heteroatoms. The first kappa shape index (κ1) is 16.9. The monoisotopic (exact) mass is 352 g/mol. The van der Waals surface area contributed by atoms with Crippen LogP contribution in [0.1, 0.15) is 62.7 Å². The van der Waals surface area contributed by atoms with Crippen molar-refractivity contribution in [3.8, 4) is 17.4 Å². The summed E-state index contributed by atoms with van der Waals surface area (Å²) in [4.78, 5) is 9.03.